The zero-order valence-electron chi connectivity index (χ0n) is 14.7. The Morgan fingerprint density at radius 2 is 2.00 bits per heavy atom. The first-order valence-corrected chi connectivity index (χ1v) is 10.8. The highest BCUT2D eigenvalue weighted by atomic mass is 79.9. The standard InChI is InChI=1S/C17H26BrN3O3S/c1-20(2)11-8-19-17(22)15-6-9-21(10-7-15)25(23,24)13-14-4-3-5-16(18)12-14/h3-5,12,15H,6-11,13H2,1-2H3,(H,19,22). The summed E-state index contributed by atoms with van der Waals surface area (Å²) >= 11 is 3.36. The van der Waals surface area contributed by atoms with Crippen molar-refractivity contribution >= 4 is 31.9 Å². The molecule has 1 saturated heterocycles. The van der Waals surface area contributed by atoms with E-state index >= 15 is 0 Å². The molecule has 0 bridgehead atoms. The van der Waals surface area contributed by atoms with Crippen molar-refractivity contribution in [2.75, 3.05) is 40.3 Å². The largest absolute Gasteiger partial charge is 0.355 e. The van der Waals surface area contributed by atoms with Crippen LogP contribution in [0.4, 0.5) is 0 Å². The number of sulfonamides is 1. The number of rotatable bonds is 7. The number of halogens is 1. The monoisotopic (exact) mass is 431 g/mol. The molecule has 1 aromatic rings. The summed E-state index contributed by atoms with van der Waals surface area (Å²) in [4.78, 5) is 14.2. The third-order valence-electron chi connectivity index (χ3n) is 4.31. The molecule has 140 valence electrons. The molecule has 1 aliphatic heterocycles. The van der Waals surface area contributed by atoms with E-state index in [0.29, 0.717) is 32.5 Å². The first-order chi connectivity index (χ1) is 11.8. The van der Waals surface area contributed by atoms with E-state index in [-0.39, 0.29) is 17.6 Å². The summed E-state index contributed by atoms with van der Waals surface area (Å²) in [6.07, 6.45) is 1.15. The van der Waals surface area contributed by atoms with Gasteiger partial charge in [-0.05, 0) is 44.6 Å². The Hall–Kier alpha value is -0.960. The summed E-state index contributed by atoms with van der Waals surface area (Å²) in [7, 11) is 0.562. The SMILES string of the molecule is CN(C)CCNC(=O)C1CCN(S(=O)(=O)Cc2cccc(Br)c2)CC1. The fourth-order valence-electron chi connectivity index (χ4n) is 2.87. The van der Waals surface area contributed by atoms with Gasteiger partial charge < -0.3 is 10.2 Å². The fourth-order valence-corrected chi connectivity index (χ4v) is 4.87. The van der Waals surface area contributed by atoms with Gasteiger partial charge in [-0.1, -0.05) is 28.1 Å². The lowest BCUT2D eigenvalue weighted by atomic mass is 9.97. The van der Waals surface area contributed by atoms with Gasteiger partial charge in [-0.15, -0.1) is 0 Å². The molecule has 0 atom stereocenters. The number of amides is 1. The fraction of sp³-hybridized carbons (Fsp3) is 0.588. The first-order valence-electron chi connectivity index (χ1n) is 8.42. The normalized spacial score (nSPS) is 17.0. The van der Waals surface area contributed by atoms with E-state index in [1.807, 2.05) is 43.3 Å². The molecule has 0 saturated carbocycles. The second-order valence-corrected chi connectivity index (χ2v) is 9.54. The topological polar surface area (TPSA) is 69.7 Å². The highest BCUT2D eigenvalue weighted by Crippen LogP contribution is 2.22. The summed E-state index contributed by atoms with van der Waals surface area (Å²) in [5, 5.41) is 2.93. The van der Waals surface area contributed by atoms with Gasteiger partial charge in [-0.2, -0.15) is 0 Å². The summed E-state index contributed by atoms with van der Waals surface area (Å²) in [6, 6.07) is 7.34. The summed E-state index contributed by atoms with van der Waals surface area (Å²) in [5.41, 5.74) is 0.762. The molecule has 1 fully saturated rings. The number of carbonyl (C=O) groups is 1. The number of hydrogen-bond donors (Lipinski definition) is 1. The second kappa shape index (κ2) is 9.12. The minimum atomic E-state index is -3.36. The molecule has 1 amide bonds. The number of benzene rings is 1. The van der Waals surface area contributed by atoms with Crippen LogP contribution in [0, 0.1) is 5.92 Å². The van der Waals surface area contributed by atoms with Crippen LogP contribution in [0.15, 0.2) is 28.7 Å². The Morgan fingerprint density at radius 3 is 2.60 bits per heavy atom. The molecular formula is C17H26BrN3O3S. The Balaban J connectivity index is 1.85. The second-order valence-electron chi connectivity index (χ2n) is 6.65. The van der Waals surface area contributed by atoms with Crippen LogP contribution in [-0.2, 0) is 20.6 Å². The van der Waals surface area contributed by atoms with Crippen molar-refractivity contribution in [2.45, 2.75) is 18.6 Å². The van der Waals surface area contributed by atoms with E-state index in [2.05, 4.69) is 21.2 Å². The molecule has 1 aliphatic rings. The molecule has 0 radical (unpaired) electrons. The molecule has 0 unspecified atom stereocenters. The van der Waals surface area contributed by atoms with Crippen molar-refractivity contribution in [1.82, 2.24) is 14.5 Å². The van der Waals surface area contributed by atoms with Crippen LogP contribution in [0.2, 0.25) is 0 Å². The summed E-state index contributed by atoms with van der Waals surface area (Å²) in [6.45, 7) is 2.23. The number of hydrogen-bond acceptors (Lipinski definition) is 4. The number of piperidine rings is 1. The van der Waals surface area contributed by atoms with E-state index in [1.54, 1.807) is 0 Å². The zero-order chi connectivity index (χ0) is 18.4. The van der Waals surface area contributed by atoms with Crippen molar-refractivity contribution in [3.63, 3.8) is 0 Å². The molecule has 2 rings (SSSR count). The lowest BCUT2D eigenvalue weighted by Gasteiger charge is -2.30. The van der Waals surface area contributed by atoms with Gasteiger partial charge in [0, 0.05) is 36.6 Å². The Bertz CT molecular complexity index is 686. The van der Waals surface area contributed by atoms with Crippen molar-refractivity contribution < 1.29 is 13.2 Å². The van der Waals surface area contributed by atoms with Crippen LogP contribution >= 0.6 is 15.9 Å². The Labute approximate surface area is 158 Å². The third kappa shape index (κ3) is 6.36. The molecule has 8 heteroatoms. The maximum absolute atomic E-state index is 12.6. The average Bonchev–Trinajstić information content (AvgIpc) is 2.54. The maximum atomic E-state index is 12.6. The predicted molar refractivity (Wildman–Crippen MR) is 103 cm³/mol. The number of nitrogens with one attached hydrogen (secondary N) is 1. The van der Waals surface area contributed by atoms with E-state index in [9.17, 15) is 13.2 Å². The van der Waals surface area contributed by atoms with Crippen LogP contribution in [0.25, 0.3) is 0 Å². The Kier molecular flexibility index (Phi) is 7.42. The quantitative estimate of drug-likeness (QED) is 0.712. The van der Waals surface area contributed by atoms with E-state index in [0.717, 1.165) is 16.6 Å². The van der Waals surface area contributed by atoms with Gasteiger partial charge in [0.1, 0.15) is 0 Å². The third-order valence-corrected chi connectivity index (χ3v) is 6.66. The van der Waals surface area contributed by atoms with Crippen LogP contribution in [0.5, 0.6) is 0 Å². The molecule has 6 nitrogen and oxygen atoms in total. The predicted octanol–water partition coefficient (Wildman–Crippen LogP) is 1.67. The maximum Gasteiger partial charge on any atom is 0.223 e. The number of nitrogens with zero attached hydrogens (tertiary/aromatic N) is 2. The number of carbonyl (C=O) groups excluding carboxylic acids is 1. The van der Waals surface area contributed by atoms with Crippen molar-refractivity contribution in [3.8, 4) is 0 Å². The van der Waals surface area contributed by atoms with Gasteiger partial charge in [0.05, 0.1) is 5.75 Å². The van der Waals surface area contributed by atoms with Crippen LogP contribution in [-0.4, -0.2) is 63.8 Å². The highest BCUT2D eigenvalue weighted by Gasteiger charge is 2.31. The molecule has 1 N–H and O–H groups in total. The minimum absolute atomic E-state index is 0.00780. The molecule has 0 aliphatic carbocycles. The lowest BCUT2D eigenvalue weighted by molar-refractivity contribution is -0.126. The molecule has 25 heavy (non-hydrogen) atoms. The molecule has 1 aromatic carbocycles. The molecule has 1 heterocycles. The van der Waals surface area contributed by atoms with Crippen LogP contribution in [0.1, 0.15) is 18.4 Å². The summed E-state index contributed by atoms with van der Waals surface area (Å²) in [5.74, 6) is -0.0723. The molecule has 0 aromatic heterocycles. The van der Waals surface area contributed by atoms with Gasteiger partial charge in [-0.25, -0.2) is 12.7 Å². The van der Waals surface area contributed by atoms with Gasteiger partial charge in [-0.3, -0.25) is 4.79 Å². The first kappa shape index (κ1) is 20.4. The van der Waals surface area contributed by atoms with Crippen molar-refractivity contribution in [3.05, 3.63) is 34.3 Å². The number of likely N-dealkylation sites (N-methyl/N-ethyl adjacent to an activating group) is 1. The smallest absolute Gasteiger partial charge is 0.223 e. The Morgan fingerprint density at radius 1 is 1.32 bits per heavy atom. The van der Waals surface area contributed by atoms with Crippen molar-refractivity contribution in [1.29, 1.82) is 0 Å². The summed E-state index contributed by atoms with van der Waals surface area (Å²) < 4.78 is 27.6. The minimum Gasteiger partial charge on any atom is -0.355 e. The van der Waals surface area contributed by atoms with Crippen LogP contribution in [0.3, 0.4) is 0 Å². The van der Waals surface area contributed by atoms with Gasteiger partial charge in [0.25, 0.3) is 0 Å². The van der Waals surface area contributed by atoms with E-state index in [1.165, 1.54) is 4.31 Å². The lowest BCUT2D eigenvalue weighted by Crippen LogP contribution is -2.44. The molecular weight excluding hydrogens is 406 g/mol. The zero-order valence-corrected chi connectivity index (χ0v) is 17.1. The van der Waals surface area contributed by atoms with Gasteiger partial charge in [0.2, 0.25) is 15.9 Å². The van der Waals surface area contributed by atoms with E-state index in [4.69, 9.17) is 0 Å². The van der Waals surface area contributed by atoms with Gasteiger partial charge in [0.15, 0.2) is 0 Å². The van der Waals surface area contributed by atoms with Crippen molar-refractivity contribution in [2.24, 2.45) is 5.92 Å². The van der Waals surface area contributed by atoms with E-state index < -0.39 is 10.0 Å². The van der Waals surface area contributed by atoms with Crippen LogP contribution < -0.4 is 5.32 Å². The van der Waals surface area contributed by atoms with Gasteiger partial charge >= 0.3 is 0 Å². The molecule has 0 spiro atoms. The highest BCUT2D eigenvalue weighted by molar-refractivity contribution is 9.10. The average molecular weight is 432 g/mol.